The van der Waals surface area contributed by atoms with Gasteiger partial charge in [0.2, 0.25) is 0 Å². The fourth-order valence-corrected chi connectivity index (χ4v) is 2.53. The van der Waals surface area contributed by atoms with E-state index in [0.29, 0.717) is 0 Å². The topological polar surface area (TPSA) is 32.3 Å². The molecule has 0 radical (unpaired) electrons. The normalized spacial score (nSPS) is 27.6. The van der Waals surface area contributed by atoms with Crippen LogP contribution >= 0.6 is 0 Å². The third-order valence-corrected chi connectivity index (χ3v) is 3.65. The Morgan fingerprint density at radius 2 is 2.12 bits per heavy atom. The molecule has 3 atom stereocenters. The summed E-state index contributed by atoms with van der Waals surface area (Å²) in [5.41, 5.74) is 1.02. The molecule has 1 heterocycles. The molecule has 2 nitrogen and oxygen atoms in total. The second kappa shape index (κ2) is 5.46. The summed E-state index contributed by atoms with van der Waals surface area (Å²) in [5, 5.41) is 13.7. The maximum Gasteiger partial charge on any atom is 0.0943 e. The maximum absolute atomic E-state index is 10.3. The zero-order chi connectivity index (χ0) is 11.4. The lowest BCUT2D eigenvalue weighted by molar-refractivity contribution is 0.0979. The second-order valence-electron chi connectivity index (χ2n) is 4.71. The number of hydrogen-bond donors (Lipinski definition) is 2. The van der Waals surface area contributed by atoms with Gasteiger partial charge in [-0.3, -0.25) is 0 Å². The standard InChI is InChI=1S/C14H21NO/c1-2-11-8-9-15-13(10-11)14(16)12-6-4-3-5-7-12/h3-7,11,13-16H,2,8-10H2,1H3. The molecule has 2 rings (SSSR count). The van der Waals surface area contributed by atoms with Crippen molar-refractivity contribution in [1.82, 2.24) is 5.32 Å². The largest absolute Gasteiger partial charge is 0.387 e. The van der Waals surface area contributed by atoms with Crippen molar-refractivity contribution in [3.05, 3.63) is 35.9 Å². The molecule has 3 unspecified atom stereocenters. The SMILES string of the molecule is CCC1CCNC(C(O)c2ccccc2)C1. The molecule has 1 saturated heterocycles. The van der Waals surface area contributed by atoms with E-state index in [0.717, 1.165) is 24.4 Å². The summed E-state index contributed by atoms with van der Waals surface area (Å²) in [5.74, 6) is 0.768. The van der Waals surface area contributed by atoms with Gasteiger partial charge in [-0.2, -0.15) is 0 Å². The van der Waals surface area contributed by atoms with Crippen LogP contribution in [0.4, 0.5) is 0 Å². The van der Waals surface area contributed by atoms with Gasteiger partial charge in [0, 0.05) is 6.04 Å². The van der Waals surface area contributed by atoms with Crippen LogP contribution in [0.2, 0.25) is 0 Å². The van der Waals surface area contributed by atoms with Crippen molar-refractivity contribution >= 4 is 0 Å². The van der Waals surface area contributed by atoms with E-state index in [-0.39, 0.29) is 12.1 Å². The summed E-state index contributed by atoms with van der Waals surface area (Å²) in [4.78, 5) is 0. The van der Waals surface area contributed by atoms with E-state index >= 15 is 0 Å². The van der Waals surface area contributed by atoms with Crippen LogP contribution in [-0.4, -0.2) is 17.7 Å². The summed E-state index contributed by atoms with van der Waals surface area (Å²) in [6.45, 7) is 3.27. The van der Waals surface area contributed by atoms with Gasteiger partial charge in [-0.05, 0) is 30.9 Å². The average Bonchev–Trinajstić information content (AvgIpc) is 2.39. The first kappa shape index (κ1) is 11.6. The highest BCUT2D eigenvalue weighted by Crippen LogP contribution is 2.27. The molecule has 1 fully saturated rings. The molecule has 1 aromatic rings. The van der Waals surface area contributed by atoms with Gasteiger partial charge in [-0.15, -0.1) is 0 Å². The Morgan fingerprint density at radius 3 is 2.81 bits per heavy atom. The van der Waals surface area contributed by atoms with Crippen LogP contribution in [0, 0.1) is 5.92 Å². The van der Waals surface area contributed by atoms with Crippen LogP contribution in [0.15, 0.2) is 30.3 Å². The molecule has 1 aliphatic heterocycles. The highest BCUT2D eigenvalue weighted by Gasteiger charge is 2.26. The second-order valence-corrected chi connectivity index (χ2v) is 4.71. The Balaban J connectivity index is 2.01. The molecule has 0 spiro atoms. The maximum atomic E-state index is 10.3. The minimum absolute atomic E-state index is 0.223. The summed E-state index contributed by atoms with van der Waals surface area (Å²) < 4.78 is 0. The smallest absolute Gasteiger partial charge is 0.0943 e. The number of benzene rings is 1. The van der Waals surface area contributed by atoms with E-state index in [4.69, 9.17) is 0 Å². The predicted molar refractivity (Wildman–Crippen MR) is 66.2 cm³/mol. The molecule has 2 heteroatoms. The Labute approximate surface area is 97.7 Å². The van der Waals surface area contributed by atoms with Crippen LogP contribution < -0.4 is 5.32 Å². The molecular formula is C14H21NO. The van der Waals surface area contributed by atoms with Gasteiger partial charge in [0.05, 0.1) is 6.10 Å². The third-order valence-electron chi connectivity index (χ3n) is 3.65. The number of nitrogens with one attached hydrogen (secondary N) is 1. The first-order valence-corrected chi connectivity index (χ1v) is 6.27. The van der Waals surface area contributed by atoms with E-state index < -0.39 is 0 Å². The number of hydrogen-bond acceptors (Lipinski definition) is 2. The van der Waals surface area contributed by atoms with Crippen molar-refractivity contribution < 1.29 is 5.11 Å². The van der Waals surface area contributed by atoms with E-state index in [1.807, 2.05) is 30.3 Å². The average molecular weight is 219 g/mol. The van der Waals surface area contributed by atoms with E-state index in [9.17, 15) is 5.11 Å². The van der Waals surface area contributed by atoms with Gasteiger partial charge >= 0.3 is 0 Å². The van der Waals surface area contributed by atoms with E-state index in [1.54, 1.807) is 0 Å². The van der Waals surface area contributed by atoms with Gasteiger partial charge in [0.15, 0.2) is 0 Å². The zero-order valence-corrected chi connectivity index (χ0v) is 9.89. The summed E-state index contributed by atoms with van der Waals surface area (Å²) in [6, 6.07) is 10.2. The highest BCUT2D eigenvalue weighted by atomic mass is 16.3. The van der Waals surface area contributed by atoms with Crippen molar-refractivity contribution in [2.24, 2.45) is 5.92 Å². The van der Waals surface area contributed by atoms with Crippen molar-refractivity contribution in [2.75, 3.05) is 6.54 Å². The Hall–Kier alpha value is -0.860. The minimum Gasteiger partial charge on any atom is -0.387 e. The lowest BCUT2D eigenvalue weighted by atomic mass is 9.86. The highest BCUT2D eigenvalue weighted by molar-refractivity contribution is 5.19. The van der Waals surface area contributed by atoms with Crippen LogP contribution in [0.5, 0.6) is 0 Å². The molecule has 2 N–H and O–H groups in total. The minimum atomic E-state index is -0.365. The Morgan fingerprint density at radius 1 is 1.38 bits per heavy atom. The van der Waals surface area contributed by atoms with Crippen molar-refractivity contribution in [1.29, 1.82) is 0 Å². The summed E-state index contributed by atoms with van der Waals surface area (Å²) >= 11 is 0. The fraction of sp³-hybridized carbons (Fsp3) is 0.571. The molecule has 0 saturated carbocycles. The Kier molecular flexibility index (Phi) is 3.97. The number of aliphatic hydroxyl groups excluding tert-OH is 1. The number of rotatable bonds is 3. The molecule has 0 bridgehead atoms. The molecule has 0 amide bonds. The molecular weight excluding hydrogens is 198 g/mol. The van der Waals surface area contributed by atoms with Crippen molar-refractivity contribution in [3.8, 4) is 0 Å². The number of piperidine rings is 1. The predicted octanol–water partition coefficient (Wildman–Crippen LogP) is 2.50. The quantitative estimate of drug-likeness (QED) is 0.818. The van der Waals surface area contributed by atoms with Gasteiger partial charge in [-0.1, -0.05) is 43.7 Å². The lowest BCUT2D eigenvalue weighted by Gasteiger charge is -2.33. The molecule has 1 aliphatic rings. The monoisotopic (exact) mass is 219 g/mol. The van der Waals surface area contributed by atoms with E-state index in [1.165, 1.54) is 12.8 Å². The van der Waals surface area contributed by atoms with Crippen LogP contribution in [0.1, 0.15) is 37.9 Å². The summed E-state index contributed by atoms with van der Waals surface area (Å²) in [7, 11) is 0. The zero-order valence-electron chi connectivity index (χ0n) is 9.89. The Bertz CT molecular complexity index is 312. The van der Waals surface area contributed by atoms with Gasteiger partial charge < -0.3 is 10.4 Å². The fourth-order valence-electron chi connectivity index (χ4n) is 2.53. The van der Waals surface area contributed by atoms with Gasteiger partial charge in [0.25, 0.3) is 0 Å². The molecule has 1 aromatic carbocycles. The molecule has 0 aliphatic carbocycles. The molecule has 0 aromatic heterocycles. The third kappa shape index (κ3) is 2.63. The van der Waals surface area contributed by atoms with Crippen molar-refractivity contribution in [3.63, 3.8) is 0 Å². The van der Waals surface area contributed by atoms with Crippen LogP contribution in [-0.2, 0) is 0 Å². The van der Waals surface area contributed by atoms with Crippen LogP contribution in [0.3, 0.4) is 0 Å². The molecule has 16 heavy (non-hydrogen) atoms. The van der Waals surface area contributed by atoms with Crippen LogP contribution in [0.25, 0.3) is 0 Å². The first-order valence-electron chi connectivity index (χ1n) is 6.27. The first-order chi connectivity index (χ1) is 7.81. The van der Waals surface area contributed by atoms with Gasteiger partial charge in [-0.25, -0.2) is 0 Å². The van der Waals surface area contributed by atoms with Gasteiger partial charge in [0.1, 0.15) is 0 Å². The number of aliphatic hydroxyl groups is 1. The van der Waals surface area contributed by atoms with Crippen molar-refractivity contribution in [2.45, 2.75) is 38.3 Å². The molecule has 88 valence electrons. The summed E-state index contributed by atoms with van der Waals surface area (Å²) in [6.07, 6.45) is 3.19. The lowest BCUT2D eigenvalue weighted by Crippen LogP contribution is -2.42. The van der Waals surface area contributed by atoms with E-state index in [2.05, 4.69) is 12.2 Å².